The molecule has 1 aromatic carbocycles. The SMILES string of the molecule is C=CCC(O)c1cc(C)ccc1F. The highest BCUT2D eigenvalue weighted by molar-refractivity contribution is 5.26. The number of aliphatic hydroxyl groups excluding tert-OH is 1. The molecule has 0 bridgehead atoms. The molecule has 1 nitrogen and oxygen atoms in total. The van der Waals surface area contributed by atoms with E-state index in [1.165, 1.54) is 6.07 Å². The fourth-order valence-corrected chi connectivity index (χ4v) is 1.20. The largest absolute Gasteiger partial charge is 0.388 e. The maximum Gasteiger partial charge on any atom is 0.129 e. The minimum Gasteiger partial charge on any atom is -0.388 e. The fraction of sp³-hybridized carbons (Fsp3) is 0.273. The van der Waals surface area contributed by atoms with Crippen LogP contribution < -0.4 is 0 Å². The third kappa shape index (κ3) is 2.39. The van der Waals surface area contributed by atoms with Gasteiger partial charge in [-0.05, 0) is 19.4 Å². The van der Waals surface area contributed by atoms with Crippen LogP contribution in [0.2, 0.25) is 0 Å². The zero-order chi connectivity index (χ0) is 9.84. The summed E-state index contributed by atoms with van der Waals surface area (Å²) in [6, 6.07) is 4.71. The molecule has 0 spiro atoms. The topological polar surface area (TPSA) is 20.2 Å². The van der Waals surface area contributed by atoms with Gasteiger partial charge in [0.05, 0.1) is 6.10 Å². The van der Waals surface area contributed by atoms with Crippen molar-refractivity contribution in [1.82, 2.24) is 0 Å². The molecule has 1 N–H and O–H groups in total. The fourth-order valence-electron chi connectivity index (χ4n) is 1.20. The van der Waals surface area contributed by atoms with Crippen molar-refractivity contribution in [2.75, 3.05) is 0 Å². The summed E-state index contributed by atoms with van der Waals surface area (Å²) in [6.07, 6.45) is 1.17. The third-order valence-electron chi connectivity index (χ3n) is 1.90. The molecule has 1 atom stereocenters. The Kier molecular flexibility index (Phi) is 3.20. The van der Waals surface area contributed by atoms with Gasteiger partial charge in [-0.15, -0.1) is 6.58 Å². The van der Waals surface area contributed by atoms with Crippen molar-refractivity contribution in [3.63, 3.8) is 0 Å². The van der Waals surface area contributed by atoms with Crippen molar-refractivity contribution in [3.8, 4) is 0 Å². The first-order valence-corrected chi connectivity index (χ1v) is 4.20. The van der Waals surface area contributed by atoms with Gasteiger partial charge >= 0.3 is 0 Å². The number of rotatable bonds is 3. The lowest BCUT2D eigenvalue weighted by Crippen LogP contribution is -1.99. The third-order valence-corrected chi connectivity index (χ3v) is 1.90. The summed E-state index contributed by atoms with van der Waals surface area (Å²) >= 11 is 0. The predicted molar refractivity (Wildman–Crippen MR) is 50.9 cm³/mol. The van der Waals surface area contributed by atoms with Crippen LogP contribution in [0.5, 0.6) is 0 Å². The lowest BCUT2D eigenvalue weighted by Gasteiger charge is -2.09. The summed E-state index contributed by atoms with van der Waals surface area (Å²) in [6.45, 7) is 5.36. The van der Waals surface area contributed by atoms with E-state index in [9.17, 15) is 9.50 Å². The first-order valence-electron chi connectivity index (χ1n) is 4.20. The van der Waals surface area contributed by atoms with Crippen LogP contribution in [0.3, 0.4) is 0 Å². The summed E-state index contributed by atoms with van der Waals surface area (Å²) in [5.41, 5.74) is 1.29. The minimum absolute atomic E-state index is 0.347. The monoisotopic (exact) mass is 180 g/mol. The van der Waals surface area contributed by atoms with E-state index in [4.69, 9.17) is 0 Å². The molecule has 13 heavy (non-hydrogen) atoms. The van der Waals surface area contributed by atoms with E-state index in [1.54, 1.807) is 18.2 Å². The van der Waals surface area contributed by atoms with E-state index in [1.807, 2.05) is 6.92 Å². The molecule has 0 fully saturated rings. The summed E-state index contributed by atoms with van der Waals surface area (Å²) < 4.78 is 13.1. The van der Waals surface area contributed by atoms with Crippen LogP contribution in [-0.4, -0.2) is 5.11 Å². The average molecular weight is 180 g/mol. The van der Waals surface area contributed by atoms with Crippen molar-refractivity contribution in [1.29, 1.82) is 0 Å². The molecule has 0 radical (unpaired) electrons. The molecule has 0 aliphatic rings. The van der Waals surface area contributed by atoms with E-state index in [-0.39, 0.29) is 5.82 Å². The summed E-state index contributed by atoms with van der Waals surface area (Å²) in [5, 5.41) is 9.51. The van der Waals surface area contributed by atoms with Crippen LogP contribution >= 0.6 is 0 Å². The highest BCUT2D eigenvalue weighted by atomic mass is 19.1. The van der Waals surface area contributed by atoms with Gasteiger partial charge in [-0.25, -0.2) is 4.39 Å². The van der Waals surface area contributed by atoms with E-state index in [0.29, 0.717) is 12.0 Å². The van der Waals surface area contributed by atoms with Gasteiger partial charge in [-0.3, -0.25) is 0 Å². The van der Waals surface area contributed by atoms with Crippen molar-refractivity contribution >= 4 is 0 Å². The van der Waals surface area contributed by atoms with Crippen LogP contribution in [0.25, 0.3) is 0 Å². The van der Waals surface area contributed by atoms with Crippen molar-refractivity contribution in [3.05, 3.63) is 47.8 Å². The Bertz CT molecular complexity index is 307. The Labute approximate surface area is 77.5 Å². The van der Waals surface area contributed by atoms with Gasteiger partial charge in [0.25, 0.3) is 0 Å². The van der Waals surface area contributed by atoms with E-state index in [0.717, 1.165) is 5.56 Å². The molecule has 0 aliphatic heterocycles. The number of aryl methyl sites for hydroxylation is 1. The van der Waals surface area contributed by atoms with Gasteiger partial charge in [0.15, 0.2) is 0 Å². The lowest BCUT2D eigenvalue weighted by atomic mass is 10.0. The second-order valence-corrected chi connectivity index (χ2v) is 3.07. The molecule has 0 aromatic heterocycles. The lowest BCUT2D eigenvalue weighted by molar-refractivity contribution is 0.176. The molecular formula is C11H13FO. The molecule has 1 unspecified atom stereocenters. The average Bonchev–Trinajstić information content (AvgIpc) is 2.09. The molecule has 70 valence electrons. The van der Waals surface area contributed by atoms with Gasteiger partial charge in [0.1, 0.15) is 5.82 Å². The van der Waals surface area contributed by atoms with Crippen molar-refractivity contribution in [2.45, 2.75) is 19.4 Å². The normalized spacial score (nSPS) is 12.5. The quantitative estimate of drug-likeness (QED) is 0.709. The Hall–Kier alpha value is -1.15. The molecule has 0 aliphatic carbocycles. The second kappa shape index (κ2) is 4.19. The van der Waals surface area contributed by atoms with Gasteiger partial charge in [0.2, 0.25) is 0 Å². The first kappa shape index (κ1) is 9.93. The second-order valence-electron chi connectivity index (χ2n) is 3.07. The van der Waals surface area contributed by atoms with E-state index < -0.39 is 6.10 Å². The summed E-state index contributed by atoms with van der Waals surface area (Å²) in [5.74, 6) is -0.361. The highest BCUT2D eigenvalue weighted by Crippen LogP contribution is 2.21. The van der Waals surface area contributed by atoms with Crippen LogP contribution in [0.4, 0.5) is 4.39 Å². The smallest absolute Gasteiger partial charge is 0.129 e. The van der Waals surface area contributed by atoms with Crippen molar-refractivity contribution < 1.29 is 9.50 Å². The van der Waals surface area contributed by atoms with E-state index in [2.05, 4.69) is 6.58 Å². The summed E-state index contributed by atoms with van der Waals surface area (Å²) in [7, 11) is 0. The number of hydrogen-bond donors (Lipinski definition) is 1. The van der Waals surface area contributed by atoms with Crippen molar-refractivity contribution in [2.24, 2.45) is 0 Å². The van der Waals surface area contributed by atoms with Crippen LogP contribution in [-0.2, 0) is 0 Å². The maximum atomic E-state index is 13.1. The minimum atomic E-state index is -0.780. The van der Waals surface area contributed by atoms with Gasteiger partial charge in [0, 0.05) is 5.56 Å². The van der Waals surface area contributed by atoms with E-state index >= 15 is 0 Å². The molecule has 1 aromatic rings. The summed E-state index contributed by atoms with van der Waals surface area (Å²) in [4.78, 5) is 0. The number of hydrogen-bond acceptors (Lipinski definition) is 1. The number of halogens is 1. The van der Waals surface area contributed by atoms with Crippen LogP contribution in [0, 0.1) is 12.7 Å². The van der Waals surface area contributed by atoms with Crippen LogP contribution in [0.1, 0.15) is 23.7 Å². The standard InChI is InChI=1S/C11H13FO/c1-3-4-11(13)9-7-8(2)5-6-10(9)12/h3,5-7,11,13H,1,4H2,2H3. The maximum absolute atomic E-state index is 13.1. The van der Waals surface area contributed by atoms with Crippen LogP contribution in [0.15, 0.2) is 30.9 Å². The Morgan fingerprint density at radius 2 is 2.31 bits per heavy atom. The number of aliphatic hydroxyl groups is 1. The Morgan fingerprint density at radius 3 is 2.92 bits per heavy atom. The number of benzene rings is 1. The molecule has 0 heterocycles. The Morgan fingerprint density at radius 1 is 1.62 bits per heavy atom. The molecule has 1 rings (SSSR count). The molecule has 0 amide bonds. The highest BCUT2D eigenvalue weighted by Gasteiger charge is 2.10. The molecule has 0 saturated heterocycles. The molecule has 0 saturated carbocycles. The Balaban J connectivity index is 2.97. The first-order chi connectivity index (χ1) is 6.15. The predicted octanol–water partition coefficient (Wildman–Crippen LogP) is 2.74. The van der Waals surface area contributed by atoms with Gasteiger partial charge in [-0.1, -0.05) is 23.8 Å². The zero-order valence-corrected chi connectivity index (χ0v) is 7.63. The van der Waals surface area contributed by atoms with Gasteiger partial charge < -0.3 is 5.11 Å². The molecule has 2 heteroatoms. The zero-order valence-electron chi connectivity index (χ0n) is 7.63. The molecular weight excluding hydrogens is 167 g/mol. The van der Waals surface area contributed by atoms with Gasteiger partial charge in [-0.2, -0.15) is 0 Å².